The number of carboxylic acid groups (broad SMARTS) is 1. The zero-order valence-corrected chi connectivity index (χ0v) is 10.3. The van der Waals surface area contributed by atoms with E-state index < -0.39 is 5.97 Å². The van der Waals surface area contributed by atoms with Gasteiger partial charge in [-0.05, 0) is 24.1 Å². The zero-order chi connectivity index (χ0) is 13.4. The van der Waals surface area contributed by atoms with Crippen LogP contribution in [0.15, 0.2) is 24.3 Å². The van der Waals surface area contributed by atoms with E-state index in [0.717, 1.165) is 5.56 Å². The molecule has 1 rings (SSSR count). The first-order chi connectivity index (χ1) is 8.61. The SMILES string of the molecule is CNC(=O)CCCOc1ccc(CC(=O)O)cc1. The number of carbonyl (C=O) groups is 2. The minimum Gasteiger partial charge on any atom is -0.494 e. The van der Waals surface area contributed by atoms with Crippen molar-refractivity contribution in [3.8, 4) is 5.75 Å². The van der Waals surface area contributed by atoms with Crippen LogP contribution in [0.1, 0.15) is 18.4 Å². The summed E-state index contributed by atoms with van der Waals surface area (Å²) in [6.45, 7) is 0.464. The smallest absolute Gasteiger partial charge is 0.307 e. The lowest BCUT2D eigenvalue weighted by molar-refractivity contribution is -0.136. The van der Waals surface area contributed by atoms with Crippen molar-refractivity contribution in [2.75, 3.05) is 13.7 Å². The molecule has 0 fully saturated rings. The first-order valence-electron chi connectivity index (χ1n) is 5.76. The molecule has 0 unspecified atom stereocenters. The number of rotatable bonds is 7. The average Bonchev–Trinajstić information content (AvgIpc) is 2.35. The maximum absolute atomic E-state index is 10.9. The van der Waals surface area contributed by atoms with Gasteiger partial charge in [0, 0.05) is 13.5 Å². The first kappa shape index (κ1) is 14.0. The van der Waals surface area contributed by atoms with Crippen LogP contribution in [0.25, 0.3) is 0 Å². The van der Waals surface area contributed by atoms with E-state index in [1.165, 1.54) is 0 Å². The Bertz CT molecular complexity index is 400. The highest BCUT2D eigenvalue weighted by molar-refractivity contribution is 5.75. The van der Waals surface area contributed by atoms with Crippen LogP contribution in [-0.2, 0) is 16.0 Å². The van der Waals surface area contributed by atoms with Crippen molar-refractivity contribution in [2.24, 2.45) is 0 Å². The van der Waals surface area contributed by atoms with Gasteiger partial charge in [-0.3, -0.25) is 9.59 Å². The van der Waals surface area contributed by atoms with Crippen molar-refractivity contribution in [2.45, 2.75) is 19.3 Å². The van der Waals surface area contributed by atoms with Gasteiger partial charge in [-0.1, -0.05) is 12.1 Å². The summed E-state index contributed by atoms with van der Waals surface area (Å²) in [4.78, 5) is 21.4. The Morgan fingerprint density at radius 3 is 2.50 bits per heavy atom. The van der Waals surface area contributed by atoms with Gasteiger partial charge in [-0.2, -0.15) is 0 Å². The van der Waals surface area contributed by atoms with Crippen molar-refractivity contribution in [1.29, 1.82) is 0 Å². The summed E-state index contributed by atoms with van der Waals surface area (Å²) in [6, 6.07) is 6.92. The van der Waals surface area contributed by atoms with Crippen LogP contribution >= 0.6 is 0 Å². The van der Waals surface area contributed by atoms with E-state index in [9.17, 15) is 9.59 Å². The molecular formula is C13H17NO4. The number of aliphatic carboxylic acids is 1. The fourth-order valence-corrected chi connectivity index (χ4v) is 1.43. The van der Waals surface area contributed by atoms with Gasteiger partial charge < -0.3 is 15.2 Å². The van der Waals surface area contributed by atoms with Crippen molar-refractivity contribution >= 4 is 11.9 Å². The molecule has 0 aliphatic heterocycles. The number of carbonyl (C=O) groups excluding carboxylic acids is 1. The molecule has 1 amide bonds. The van der Waals surface area contributed by atoms with Gasteiger partial charge >= 0.3 is 5.97 Å². The summed E-state index contributed by atoms with van der Waals surface area (Å²) in [7, 11) is 1.60. The van der Waals surface area contributed by atoms with Gasteiger partial charge in [0.2, 0.25) is 5.91 Å². The Hall–Kier alpha value is -2.04. The average molecular weight is 251 g/mol. The summed E-state index contributed by atoms with van der Waals surface area (Å²) < 4.78 is 5.43. The minimum atomic E-state index is -0.853. The molecule has 0 saturated carbocycles. The quantitative estimate of drug-likeness (QED) is 0.714. The molecule has 0 aromatic heterocycles. The lowest BCUT2D eigenvalue weighted by Crippen LogP contribution is -2.18. The third kappa shape index (κ3) is 5.34. The third-order valence-corrected chi connectivity index (χ3v) is 2.37. The molecule has 0 atom stereocenters. The molecule has 98 valence electrons. The topological polar surface area (TPSA) is 75.6 Å². The molecule has 0 aliphatic carbocycles. The van der Waals surface area contributed by atoms with Crippen molar-refractivity contribution < 1.29 is 19.4 Å². The molecule has 0 heterocycles. The predicted octanol–water partition coefficient (Wildman–Crippen LogP) is 1.22. The molecule has 0 bridgehead atoms. The van der Waals surface area contributed by atoms with Gasteiger partial charge in [-0.25, -0.2) is 0 Å². The highest BCUT2D eigenvalue weighted by atomic mass is 16.5. The van der Waals surface area contributed by atoms with Crippen LogP contribution in [-0.4, -0.2) is 30.6 Å². The molecule has 0 aliphatic rings. The predicted molar refractivity (Wildman–Crippen MR) is 66.6 cm³/mol. The Balaban J connectivity index is 2.31. The number of hydrogen-bond donors (Lipinski definition) is 2. The number of amides is 1. The largest absolute Gasteiger partial charge is 0.494 e. The Kier molecular flexibility index (Phi) is 5.70. The van der Waals surface area contributed by atoms with Crippen LogP contribution in [0.3, 0.4) is 0 Å². The lowest BCUT2D eigenvalue weighted by atomic mass is 10.1. The summed E-state index contributed by atoms with van der Waals surface area (Å²) in [5.41, 5.74) is 0.736. The molecule has 1 aromatic carbocycles. The molecule has 0 saturated heterocycles. The van der Waals surface area contributed by atoms with E-state index in [4.69, 9.17) is 9.84 Å². The van der Waals surface area contributed by atoms with Crippen molar-refractivity contribution in [1.82, 2.24) is 5.32 Å². The van der Waals surface area contributed by atoms with E-state index in [1.807, 2.05) is 0 Å². The second kappa shape index (κ2) is 7.32. The number of ether oxygens (including phenoxy) is 1. The highest BCUT2D eigenvalue weighted by Gasteiger charge is 2.01. The van der Waals surface area contributed by atoms with Gasteiger partial charge in [0.25, 0.3) is 0 Å². The maximum atomic E-state index is 10.9. The van der Waals surface area contributed by atoms with E-state index in [1.54, 1.807) is 31.3 Å². The first-order valence-corrected chi connectivity index (χ1v) is 5.76. The van der Waals surface area contributed by atoms with Crippen LogP contribution in [0.5, 0.6) is 5.75 Å². The summed E-state index contributed by atoms with van der Waals surface area (Å²) >= 11 is 0. The third-order valence-electron chi connectivity index (χ3n) is 2.37. The van der Waals surface area contributed by atoms with Crippen LogP contribution in [0, 0.1) is 0 Å². The normalized spacial score (nSPS) is 9.83. The summed E-state index contributed by atoms with van der Waals surface area (Å²) in [5, 5.41) is 11.2. The molecule has 5 heteroatoms. The van der Waals surface area contributed by atoms with E-state index in [0.29, 0.717) is 25.2 Å². The van der Waals surface area contributed by atoms with E-state index in [-0.39, 0.29) is 12.3 Å². The number of carboxylic acids is 1. The monoisotopic (exact) mass is 251 g/mol. The molecular weight excluding hydrogens is 234 g/mol. The van der Waals surface area contributed by atoms with Crippen LogP contribution < -0.4 is 10.1 Å². The minimum absolute atomic E-state index is 0.00425. The number of nitrogens with one attached hydrogen (secondary N) is 1. The lowest BCUT2D eigenvalue weighted by Gasteiger charge is -2.06. The highest BCUT2D eigenvalue weighted by Crippen LogP contribution is 2.13. The van der Waals surface area contributed by atoms with E-state index >= 15 is 0 Å². The molecule has 0 spiro atoms. The Labute approximate surface area is 106 Å². The van der Waals surface area contributed by atoms with E-state index in [2.05, 4.69) is 5.32 Å². The van der Waals surface area contributed by atoms with Gasteiger partial charge in [-0.15, -0.1) is 0 Å². The van der Waals surface area contributed by atoms with Crippen molar-refractivity contribution in [3.63, 3.8) is 0 Å². The molecule has 1 aromatic rings. The van der Waals surface area contributed by atoms with Crippen LogP contribution in [0.4, 0.5) is 0 Å². The van der Waals surface area contributed by atoms with Crippen LogP contribution in [0.2, 0.25) is 0 Å². The summed E-state index contributed by atoms with van der Waals surface area (Å²) in [6.07, 6.45) is 1.10. The Morgan fingerprint density at radius 1 is 1.28 bits per heavy atom. The summed E-state index contributed by atoms with van der Waals surface area (Å²) in [5.74, 6) is -0.175. The second-order valence-electron chi connectivity index (χ2n) is 3.84. The number of hydrogen-bond acceptors (Lipinski definition) is 3. The molecule has 5 nitrogen and oxygen atoms in total. The maximum Gasteiger partial charge on any atom is 0.307 e. The fourth-order valence-electron chi connectivity index (χ4n) is 1.43. The van der Waals surface area contributed by atoms with Crippen molar-refractivity contribution in [3.05, 3.63) is 29.8 Å². The van der Waals surface area contributed by atoms with Gasteiger partial charge in [0.15, 0.2) is 0 Å². The van der Waals surface area contributed by atoms with Gasteiger partial charge in [0.05, 0.1) is 13.0 Å². The fraction of sp³-hybridized carbons (Fsp3) is 0.385. The number of benzene rings is 1. The second-order valence-corrected chi connectivity index (χ2v) is 3.84. The standard InChI is InChI=1S/C13H17NO4/c1-14-12(15)3-2-8-18-11-6-4-10(5-7-11)9-13(16)17/h4-7H,2-3,8-9H2,1H3,(H,14,15)(H,16,17). The molecule has 2 N–H and O–H groups in total. The Morgan fingerprint density at radius 2 is 1.94 bits per heavy atom. The molecule has 18 heavy (non-hydrogen) atoms. The molecule has 0 radical (unpaired) electrons. The zero-order valence-electron chi connectivity index (χ0n) is 10.3. The van der Waals surface area contributed by atoms with Gasteiger partial charge in [0.1, 0.15) is 5.75 Å².